The highest BCUT2D eigenvalue weighted by Crippen LogP contribution is 2.25. The lowest BCUT2D eigenvalue weighted by molar-refractivity contribution is 1.13. The van der Waals surface area contributed by atoms with E-state index >= 15 is 0 Å². The lowest BCUT2D eigenvalue weighted by Crippen LogP contribution is -2.08. The number of rotatable bonds is 5. The van der Waals surface area contributed by atoms with Crippen LogP contribution >= 0.6 is 11.6 Å². The van der Waals surface area contributed by atoms with Gasteiger partial charge in [-0.3, -0.25) is 0 Å². The number of nitrogens with one attached hydrogen (secondary N) is 2. The molecule has 1 heterocycles. The molecule has 0 atom stereocenters. The van der Waals surface area contributed by atoms with Crippen LogP contribution in [0.3, 0.4) is 0 Å². The number of anilines is 5. The summed E-state index contributed by atoms with van der Waals surface area (Å²) in [6, 6.07) is 15.7. The molecule has 2 N–H and O–H groups in total. The van der Waals surface area contributed by atoms with Gasteiger partial charge in [0, 0.05) is 42.2 Å². The van der Waals surface area contributed by atoms with Gasteiger partial charge >= 0.3 is 0 Å². The van der Waals surface area contributed by atoms with Gasteiger partial charge in [-0.05, 0) is 48.9 Å². The number of aromatic nitrogens is 2. The van der Waals surface area contributed by atoms with Gasteiger partial charge in [0.2, 0.25) is 0 Å². The van der Waals surface area contributed by atoms with Crippen molar-refractivity contribution < 1.29 is 0 Å². The minimum Gasteiger partial charge on any atom is -0.378 e. The van der Waals surface area contributed by atoms with E-state index in [9.17, 15) is 0 Å². The minimum atomic E-state index is 0.682. The zero-order valence-corrected chi connectivity index (χ0v) is 15.2. The Kier molecular flexibility index (Phi) is 5.05. The molecule has 0 aliphatic carbocycles. The average molecular weight is 354 g/mol. The second-order valence-corrected chi connectivity index (χ2v) is 6.38. The molecule has 0 fully saturated rings. The first-order valence-electron chi connectivity index (χ1n) is 7.91. The fourth-order valence-electron chi connectivity index (χ4n) is 2.35. The molecule has 3 rings (SSSR count). The number of nitrogens with zero attached hydrogens (tertiary/aromatic N) is 3. The van der Waals surface area contributed by atoms with Gasteiger partial charge in [0.05, 0.1) is 0 Å². The van der Waals surface area contributed by atoms with Crippen LogP contribution in [-0.4, -0.2) is 24.1 Å². The molecule has 0 bridgehead atoms. The quantitative estimate of drug-likeness (QED) is 0.676. The van der Waals surface area contributed by atoms with E-state index in [4.69, 9.17) is 11.6 Å². The Hall–Kier alpha value is -2.79. The first-order valence-corrected chi connectivity index (χ1v) is 8.29. The first kappa shape index (κ1) is 17.0. The monoisotopic (exact) mass is 353 g/mol. The fourth-order valence-corrected chi connectivity index (χ4v) is 2.52. The highest BCUT2D eigenvalue weighted by Gasteiger charge is 2.04. The van der Waals surface area contributed by atoms with Crippen LogP contribution in [0.1, 0.15) is 5.56 Å². The summed E-state index contributed by atoms with van der Waals surface area (Å²) in [7, 11) is 4.03. The Labute approximate surface area is 152 Å². The van der Waals surface area contributed by atoms with Crippen molar-refractivity contribution in [3.05, 3.63) is 65.4 Å². The van der Waals surface area contributed by atoms with E-state index in [0.717, 1.165) is 28.4 Å². The summed E-state index contributed by atoms with van der Waals surface area (Å²) >= 11 is 6.07. The summed E-state index contributed by atoms with van der Waals surface area (Å²) in [5.41, 5.74) is 4.13. The highest BCUT2D eigenvalue weighted by molar-refractivity contribution is 6.30. The average Bonchev–Trinajstić information content (AvgIpc) is 2.59. The van der Waals surface area contributed by atoms with E-state index in [-0.39, 0.29) is 0 Å². The Morgan fingerprint density at radius 1 is 0.880 bits per heavy atom. The Morgan fingerprint density at radius 2 is 1.56 bits per heavy atom. The fraction of sp³-hybridized carbons (Fsp3) is 0.158. The van der Waals surface area contributed by atoms with Crippen LogP contribution in [0.4, 0.5) is 28.7 Å². The molecule has 2 aromatic carbocycles. The molecular formula is C19H20ClN5. The number of hydrogen-bond donors (Lipinski definition) is 2. The van der Waals surface area contributed by atoms with Crippen LogP contribution in [0.25, 0.3) is 0 Å². The molecule has 0 spiro atoms. The summed E-state index contributed by atoms with van der Waals surface area (Å²) in [6.45, 7) is 2.02. The van der Waals surface area contributed by atoms with Gasteiger partial charge in [0.1, 0.15) is 18.0 Å². The lowest BCUT2D eigenvalue weighted by atomic mass is 10.2. The van der Waals surface area contributed by atoms with Gasteiger partial charge in [-0.1, -0.05) is 17.7 Å². The zero-order valence-electron chi connectivity index (χ0n) is 14.4. The predicted octanol–water partition coefficient (Wildman–Crippen LogP) is 4.99. The normalized spacial score (nSPS) is 10.4. The number of benzene rings is 2. The molecule has 1 aromatic heterocycles. The van der Waals surface area contributed by atoms with Crippen LogP contribution in [-0.2, 0) is 0 Å². The largest absolute Gasteiger partial charge is 0.378 e. The van der Waals surface area contributed by atoms with Crippen LogP contribution in [0, 0.1) is 6.92 Å². The minimum absolute atomic E-state index is 0.682. The molecule has 5 nitrogen and oxygen atoms in total. The second-order valence-electron chi connectivity index (χ2n) is 5.94. The second kappa shape index (κ2) is 7.40. The molecular weight excluding hydrogens is 334 g/mol. The molecule has 0 saturated heterocycles. The van der Waals surface area contributed by atoms with Crippen molar-refractivity contribution in [2.24, 2.45) is 0 Å². The summed E-state index contributed by atoms with van der Waals surface area (Å²) < 4.78 is 0. The van der Waals surface area contributed by atoms with E-state index in [0.29, 0.717) is 10.8 Å². The third kappa shape index (κ3) is 4.39. The van der Waals surface area contributed by atoms with E-state index in [2.05, 4.69) is 37.6 Å². The smallest absolute Gasteiger partial charge is 0.135 e. The van der Waals surface area contributed by atoms with Crippen LogP contribution in [0.2, 0.25) is 5.02 Å². The Balaban J connectivity index is 1.76. The van der Waals surface area contributed by atoms with Crippen molar-refractivity contribution in [3.8, 4) is 0 Å². The summed E-state index contributed by atoms with van der Waals surface area (Å²) in [6.07, 6.45) is 1.53. The van der Waals surface area contributed by atoms with Gasteiger partial charge in [-0.25, -0.2) is 9.97 Å². The molecule has 0 radical (unpaired) electrons. The molecule has 3 aromatic rings. The van der Waals surface area contributed by atoms with Crippen molar-refractivity contribution in [1.29, 1.82) is 0 Å². The van der Waals surface area contributed by atoms with Gasteiger partial charge in [-0.2, -0.15) is 0 Å². The zero-order chi connectivity index (χ0) is 17.8. The number of halogens is 1. The third-order valence-electron chi connectivity index (χ3n) is 3.79. The first-order chi connectivity index (χ1) is 12.0. The van der Waals surface area contributed by atoms with Crippen LogP contribution < -0.4 is 15.5 Å². The van der Waals surface area contributed by atoms with Crippen molar-refractivity contribution in [2.75, 3.05) is 29.6 Å². The molecule has 0 saturated carbocycles. The molecule has 0 aliphatic heterocycles. The maximum Gasteiger partial charge on any atom is 0.135 e. The van der Waals surface area contributed by atoms with E-state index in [1.165, 1.54) is 6.33 Å². The molecule has 6 heteroatoms. The highest BCUT2D eigenvalue weighted by atomic mass is 35.5. The number of hydrogen-bond acceptors (Lipinski definition) is 5. The summed E-state index contributed by atoms with van der Waals surface area (Å²) in [5.74, 6) is 1.42. The summed E-state index contributed by atoms with van der Waals surface area (Å²) in [5, 5.41) is 7.25. The maximum atomic E-state index is 6.07. The lowest BCUT2D eigenvalue weighted by Gasteiger charge is -2.13. The Morgan fingerprint density at radius 3 is 2.24 bits per heavy atom. The molecule has 0 unspecified atom stereocenters. The van der Waals surface area contributed by atoms with Crippen LogP contribution in [0.15, 0.2) is 54.9 Å². The van der Waals surface area contributed by atoms with Gasteiger partial charge in [-0.15, -0.1) is 0 Å². The van der Waals surface area contributed by atoms with E-state index in [1.54, 1.807) is 0 Å². The Bertz CT molecular complexity index is 862. The van der Waals surface area contributed by atoms with Gasteiger partial charge in [0.25, 0.3) is 0 Å². The molecule has 0 aliphatic rings. The predicted molar refractivity (Wildman–Crippen MR) is 106 cm³/mol. The van der Waals surface area contributed by atoms with E-state index in [1.807, 2.05) is 57.4 Å². The third-order valence-corrected chi connectivity index (χ3v) is 4.02. The topological polar surface area (TPSA) is 53.1 Å². The van der Waals surface area contributed by atoms with Crippen molar-refractivity contribution in [3.63, 3.8) is 0 Å². The van der Waals surface area contributed by atoms with Crippen molar-refractivity contribution in [1.82, 2.24) is 9.97 Å². The van der Waals surface area contributed by atoms with Crippen molar-refractivity contribution in [2.45, 2.75) is 6.92 Å². The van der Waals surface area contributed by atoms with Crippen molar-refractivity contribution >= 4 is 40.3 Å². The molecule has 25 heavy (non-hydrogen) atoms. The van der Waals surface area contributed by atoms with Crippen LogP contribution in [0.5, 0.6) is 0 Å². The standard InChI is InChI=1S/C19H20ClN5/c1-13-4-5-14(20)10-17(13)24-19-11-18(21-12-22-19)23-15-6-8-16(9-7-15)25(2)3/h4-12H,1-3H3,(H2,21,22,23,24). The molecule has 128 valence electrons. The molecule has 0 amide bonds. The SMILES string of the molecule is Cc1ccc(Cl)cc1Nc1cc(Nc2ccc(N(C)C)cc2)ncn1. The maximum absolute atomic E-state index is 6.07. The summed E-state index contributed by atoms with van der Waals surface area (Å²) in [4.78, 5) is 10.6. The number of aryl methyl sites for hydroxylation is 1. The van der Waals surface area contributed by atoms with E-state index < -0.39 is 0 Å². The van der Waals surface area contributed by atoms with Gasteiger partial charge in [0.15, 0.2) is 0 Å². The van der Waals surface area contributed by atoms with Gasteiger partial charge < -0.3 is 15.5 Å².